The van der Waals surface area contributed by atoms with E-state index in [9.17, 15) is 9.59 Å². The van der Waals surface area contributed by atoms with Crippen LogP contribution in [-0.4, -0.2) is 26.3 Å². The van der Waals surface area contributed by atoms with Gasteiger partial charge in [-0.15, -0.1) is 0 Å². The van der Waals surface area contributed by atoms with E-state index in [4.69, 9.17) is 17.3 Å². The molecule has 1 amide bonds. The highest BCUT2D eigenvalue weighted by molar-refractivity contribution is 8.27. The molecular formula is C15H10N2O3S2. The summed E-state index contributed by atoms with van der Waals surface area (Å²) in [5, 5.41) is 8.91. The summed E-state index contributed by atoms with van der Waals surface area (Å²) in [6.07, 6.45) is 3.52. The molecule has 1 fully saturated rings. The Balaban J connectivity index is 1.90. The number of amides is 1. The molecule has 22 heavy (non-hydrogen) atoms. The van der Waals surface area contributed by atoms with Crippen LogP contribution < -0.4 is 4.90 Å². The summed E-state index contributed by atoms with van der Waals surface area (Å²) in [5.74, 6) is -1.23. The number of carboxylic acid groups (broad SMARTS) is 1. The van der Waals surface area contributed by atoms with E-state index >= 15 is 0 Å². The van der Waals surface area contributed by atoms with Gasteiger partial charge in [0.1, 0.15) is 0 Å². The maximum absolute atomic E-state index is 12.5. The molecule has 1 aromatic heterocycles. The number of thioether (sulfide) groups is 1. The Labute approximate surface area is 135 Å². The van der Waals surface area contributed by atoms with Crippen LogP contribution >= 0.6 is 24.0 Å². The molecule has 1 saturated heterocycles. The van der Waals surface area contributed by atoms with Crippen molar-refractivity contribution in [3.8, 4) is 0 Å². The minimum atomic E-state index is -1.01. The average molecular weight is 330 g/mol. The number of carbonyl (C=O) groups excluding carboxylic acids is 1. The Bertz CT molecular complexity index is 780. The van der Waals surface area contributed by atoms with Gasteiger partial charge in [-0.05, 0) is 42.5 Å². The second-order valence-electron chi connectivity index (χ2n) is 4.49. The highest BCUT2D eigenvalue weighted by Crippen LogP contribution is 2.35. The van der Waals surface area contributed by atoms with Crippen LogP contribution in [-0.2, 0) is 4.79 Å². The van der Waals surface area contributed by atoms with Gasteiger partial charge >= 0.3 is 5.97 Å². The van der Waals surface area contributed by atoms with E-state index in [1.807, 2.05) is 12.1 Å². The first-order chi connectivity index (χ1) is 10.6. The molecule has 1 aromatic carbocycles. The van der Waals surface area contributed by atoms with E-state index in [0.717, 1.165) is 5.69 Å². The number of aromatic nitrogens is 1. The number of aromatic carboxylic acids is 1. The molecule has 2 aromatic rings. The Kier molecular flexibility index (Phi) is 3.82. The number of nitrogens with one attached hydrogen (secondary N) is 1. The second kappa shape index (κ2) is 5.78. The monoisotopic (exact) mass is 330 g/mol. The maximum Gasteiger partial charge on any atom is 0.335 e. The van der Waals surface area contributed by atoms with Gasteiger partial charge in [-0.25, -0.2) is 4.79 Å². The Morgan fingerprint density at radius 2 is 2.00 bits per heavy atom. The molecule has 7 heteroatoms. The fourth-order valence-electron chi connectivity index (χ4n) is 2.02. The number of benzene rings is 1. The van der Waals surface area contributed by atoms with Gasteiger partial charge in [-0.1, -0.05) is 24.0 Å². The molecule has 0 saturated carbocycles. The maximum atomic E-state index is 12.5. The van der Waals surface area contributed by atoms with Crippen molar-refractivity contribution in [3.05, 3.63) is 58.8 Å². The summed E-state index contributed by atoms with van der Waals surface area (Å²) < 4.78 is 0.422. The number of carbonyl (C=O) groups is 2. The van der Waals surface area contributed by atoms with Gasteiger partial charge < -0.3 is 10.1 Å². The van der Waals surface area contributed by atoms with E-state index in [-0.39, 0.29) is 11.5 Å². The third-order valence-corrected chi connectivity index (χ3v) is 4.38. The van der Waals surface area contributed by atoms with Crippen LogP contribution in [0.1, 0.15) is 16.1 Å². The van der Waals surface area contributed by atoms with Gasteiger partial charge in [0.15, 0.2) is 4.32 Å². The molecule has 0 aliphatic carbocycles. The molecule has 1 aliphatic heterocycles. The first-order valence-electron chi connectivity index (χ1n) is 6.31. The zero-order valence-electron chi connectivity index (χ0n) is 11.1. The van der Waals surface area contributed by atoms with Crippen LogP contribution in [0.2, 0.25) is 0 Å². The zero-order chi connectivity index (χ0) is 15.7. The van der Waals surface area contributed by atoms with E-state index in [1.165, 1.54) is 28.8 Å². The number of hydrogen-bond acceptors (Lipinski definition) is 4. The minimum absolute atomic E-state index is 0.163. The van der Waals surface area contributed by atoms with E-state index in [0.29, 0.717) is 14.9 Å². The van der Waals surface area contributed by atoms with Crippen molar-refractivity contribution in [2.75, 3.05) is 4.90 Å². The van der Waals surface area contributed by atoms with Gasteiger partial charge in [-0.2, -0.15) is 0 Å². The predicted octanol–water partition coefficient (Wildman–Crippen LogP) is 3.12. The van der Waals surface area contributed by atoms with Crippen molar-refractivity contribution in [3.63, 3.8) is 0 Å². The molecule has 0 bridgehead atoms. The van der Waals surface area contributed by atoms with Crippen LogP contribution in [0.25, 0.3) is 6.08 Å². The average Bonchev–Trinajstić information content (AvgIpc) is 3.09. The van der Waals surface area contributed by atoms with E-state index in [1.54, 1.807) is 24.4 Å². The van der Waals surface area contributed by atoms with Gasteiger partial charge in [0.25, 0.3) is 5.91 Å². The molecule has 0 spiro atoms. The van der Waals surface area contributed by atoms with Crippen molar-refractivity contribution >= 4 is 51.9 Å². The summed E-state index contributed by atoms with van der Waals surface area (Å²) in [6.45, 7) is 0. The fourth-order valence-corrected chi connectivity index (χ4v) is 3.31. The number of rotatable bonds is 3. The topological polar surface area (TPSA) is 73.4 Å². The smallest absolute Gasteiger partial charge is 0.335 e. The lowest BCUT2D eigenvalue weighted by Crippen LogP contribution is -2.27. The minimum Gasteiger partial charge on any atom is -0.478 e. The van der Waals surface area contributed by atoms with Crippen LogP contribution in [0.15, 0.2) is 47.5 Å². The number of carboxylic acids is 1. The molecule has 0 atom stereocenters. The second-order valence-corrected chi connectivity index (χ2v) is 6.17. The van der Waals surface area contributed by atoms with E-state index < -0.39 is 5.97 Å². The van der Waals surface area contributed by atoms with Crippen molar-refractivity contribution < 1.29 is 14.7 Å². The largest absolute Gasteiger partial charge is 0.478 e. The quantitative estimate of drug-likeness (QED) is 0.668. The van der Waals surface area contributed by atoms with Crippen molar-refractivity contribution in [2.45, 2.75) is 0 Å². The lowest BCUT2D eigenvalue weighted by atomic mass is 10.2. The first kappa shape index (κ1) is 14.6. The van der Waals surface area contributed by atoms with Crippen LogP contribution in [0.4, 0.5) is 5.69 Å². The molecule has 0 unspecified atom stereocenters. The summed E-state index contributed by atoms with van der Waals surface area (Å²) in [4.78, 5) is 28.3. The lowest BCUT2D eigenvalue weighted by molar-refractivity contribution is -0.113. The lowest BCUT2D eigenvalue weighted by Gasteiger charge is -2.14. The highest BCUT2D eigenvalue weighted by Gasteiger charge is 2.33. The number of H-pyrrole nitrogens is 1. The Morgan fingerprint density at radius 3 is 2.59 bits per heavy atom. The van der Waals surface area contributed by atoms with Crippen molar-refractivity contribution in [2.24, 2.45) is 0 Å². The third-order valence-electron chi connectivity index (χ3n) is 3.07. The SMILES string of the molecule is O=C(O)c1ccc(N2C(=O)/C(=C/c3ccc[nH]3)SC2=S)cc1. The normalized spacial score (nSPS) is 16.5. The summed E-state index contributed by atoms with van der Waals surface area (Å²) >= 11 is 6.48. The molecule has 110 valence electrons. The van der Waals surface area contributed by atoms with Gasteiger partial charge in [0, 0.05) is 11.9 Å². The number of anilines is 1. The van der Waals surface area contributed by atoms with Gasteiger partial charge in [0.2, 0.25) is 0 Å². The first-order valence-corrected chi connectivity index (χ1v) is 7.53. The zero-order valence-corrected chi connectivity index (χ0v) is 12.8. The van der Waals surface area contributed by atoms with Gasteiger partial charge in [0.05, 0.1) is 16.2 Å². The van der Waals surface area contributed by atoms with Crippen LogP contribution in [0.3, 0.4) is 0 Å². The fraction of sp³-hybridized carbons (Fsp3) is 0. The van der Waals surface area contributed by atoms with Crippen molar-refractivity contribution in [1.29, 1.82) is 0 Å². The predicted molar refractivity (Wildman–Crippen MR) is 89.8 cm³/mol. The summed E-state index contributed by atoms with van der Waals surface area (Å²) in [7, 11) is 0. The Hall–Kier alpha value is -2.38. The van der Waals surface area contributed by atoms with Crippen LogP contribution in [0, 0.1) is 0 Å². The highest BCUT2D eigenvalue weighted by atomic mass is 32.2. The Morgan fingerprint density at radius 1 is 1.27 bits per heavy atom. The van der Waals surface area contributed by atoms with Crippen LogP contribution in [0.5, 0.6) is 0 Å². The summed E-state index contributed by atoms with van der Waals surface area (Å²) in [5.41, 5.74) is 1.54. The number of aromatic amines is 1. The standard InChI is InChI=1S/C15H10N2O3S2/c18-13-12(8-10-2-1-7-16-10)22-15(21)17(13)11-5-3-9(4-6-11)14(19)20/h1-8,16H,(H,19,20)/b12-8-. The number of thiocarbonyl (C=S) groups is 1. The summed E-state index contributed by atoms with van der Waals surface area (Å²) in [6, 6.07) is 9.75. The van der Waals surface area contributed by atoms with Crippen molar-refractivity contribution in [1.82, 2.24) is 4.98 Å². The third kappa shape index (κ3) is 2.68. The molecule has 2 heterocycles. The molecule has 3 rings (SSSR count). The van der Waals surface area contributed by atoms with Gasteiger partial charge in [-0.3, -0.25) is 9.69 Å². The van der Waals surface area contributed by atoms with E-state index in [2.05, 4.69) is 4.98 Å². The number of hydrogen-bond donors (Lipinski definition) is 2. The molecule has 2 N–H and O–H groups in total. The molecule has 1 aliphatic rings. The molecule has 5 nitrogen and oxygen atoms in total. The molecule has 0 radical (unpaired) electrons. The number of nitrogens with zero attached hydrogens (tertiary/aromatic N) is 1. The molecular weight excluding hydrogens is 320 g/mol.